The van der Waals surface area contributed by atoms with Crippen LogP contribution in [0.1, 0.15) is 0 Å². The van der Waals surface area contributed by atoms with E-state index in [1.165, 1.54) is 36.5 Å². The first kappa shape index (κ1) is 20.8. The number of pyridine rings is 1. The average Bonchev–Trinajstić information content (AvgIpc) is 3.00. The van der Waals surface area contributed by atoms with Crippen molar-refractivity contribution >= 4 is 39.0 Å². The molecule has 0 spiro atoms. The van der Waals surface area contributed by atoms with Gasteiger partial charge in [-0.05, 0) is 30.3 Å². The van der Waals surface area contributed by atoms with E-state index >= 15 is 0 Å². The fourth-order valence-electron chi connectivity index (χ4n) is 2.80. The number of aliphatic hydroxyl groups is 2. The van der Waals surface area contributed by atoms with Gasteiger partial charge in [0.05, 0.1) is 18.2 Å². The minimum absolute atomic E-state index is 0.0525. The van der Waals surface area contributed by atoms with Crippen molar-refractivity contribution in [2.45, 2.75) is 16.6 Å². The lowest BCUT2D eigenvalue weighted by Gasteiger charge is -2.26. The molecule has 2 heterocycles. The van der Waals surface area contributed by atoms with Gasteiger partial charge in [0.1, 0.15) is 16.6 Å². The Hall–Kier alpha value is -1.93. The van der Waals surface area contributed by atoms with Crippen LogP contribution < -0.4 is 4.74 Å². The van der Waals surface area contributed by atoms with Crippen molar-refractivity contribution in [3.8, 4) is 5.75 Å². The van der Waals surface area contributed by atoms with Gasteiger partial charge in [-0.1, -0.05) is 29.8 Å². The Morgan fingerprint density at radius 1 is 1.36 bits per heavy atom. The van der Waals surface area contributed by atoms with E-state index in [1.54, 1.807) is 0 Å². The molecule has 8 nitrogen and oxygen atoms in total. The number of rotatable bonds is 5. The second-order valence-electron chi connectivity index (χ2n) is 6.20. The summed E-state index contributed by atoms with van der Waals surface area (Å²) in [6.07, 6.45) is 0.234. The molecule has 0 radical (unpaired) electrons. The predicted octanol–water partition coefficient (Wildman–Crippen LogP) is 2.11. The molecule has 3 rings (SSSR count). The van der Waals surface area contributed by atoms with Gasteiger partial charge in [-0.15, -0.1) is 4.98 Å². The average molecular weight is 444 g/mol. The number of hydrogen-bond donors (Lipinski definition) is 2. The molecule has 0 bridgehead atoms. The molecule has 2 atom stereocenters. The highest BCUT2D eigenvalue weighted by Crippen LogP contribution is 2.33. The summed E-state index contributed by atoms with van der Waals surface area (Å²) in [4.78, 5) is 6.86. The van der Waals surface area contributed by atoms with Crippen molar-refractivity contribution in [2.24, 2.45) is 0 Å². The Labute approximate surface area is 171 Å². The summed E-state index contributed by atoms with van der Waals surface area (Å²) >= 11 is 11.8. The number of ether oxygens (including phenoxy) is 1. The van der Waals surface area contributed by atoms with Gasteiger partial charge in [0.15, 0.2) is 11.9 Å². The van der Waals surface area contributed by atoms with Gasteiger partial charge in [-0.3, -0.25) is 0 Å². The summed E-state index contributed by atoms with van der Waals surface area (Å²) in [6, 6.07) is 6.89. The largest absolute Gasteiger partial charge is 0.482 e. The standard InChI is InChI=1S/C17H15Cl2N3O5S/c1-20-16-5-3-12(7-21-16)27-15-8-22(9-17(15,24)10-23)28(25,26)14-4-2-11(18)6-13(14)19/h2-7,15,23-24H,8-10H2/t15-,17+/m0/s1. The van der Waals surface area contributed by atoms with Crippen LogP contribution in [0.4, 0.5) is 5.82 Å². The molecule has 148 valence electrons. The molecule has 0 unspecified atom stereocenters. The quantitative estimate of drug-likeness (QED) is 0.685. The third-order valence-corrected chi connectivity index (χ3v) is 6.85. The van der Waals surface area contributed by atoms with Gasteiger partial charge in [-0.25, -0.2) is 8.42 Å². The molecule has 1 aromatic carbocycles. The summed E-state index contributed by atoms with van der Waals surface area (Å²) in [5, 5.41) is 20.6. The van der Waals surface area contributed by atoms with E-state index in [0.717, 1.165) is 4.31 Å². The van der Waals surface area contributed by atoms with Crippen LogP contribution in [-0.4, -0.2) is 59.3 Å². The van der Waals surface area contributed by atoms with E-state index in [0.29, 0.717) is 0 Å². The summed E-state index contributed by atoms with van der Waals surface area (Å²) in [7, 11) is -4.07. The highest BCUT2D eigenvalue weighted by atomic mass is 35.5. The Kier molecular flexibility index (Phi) is 5.82. The van der Waals surface area contributed by atoms with Crippen molar-refractivity contribution in [1.82, 2.24) is 9.29 Å². The maximum absolute atomic E-state index is 13.0. The van der Waals surface area contributed by atoms with Crippen molar-refractivity contribution < 1.29 is 23.4 Å². The number of aliphatic hydroxyl groups excluding tert-OH is 1. The number of nitrogens with zero attached hydrogens (tertiary/aromatic N) is 3. The molecule has 28 heavy (non-hydrogen) atoms. The van der Waals surface area contributed by atoms with Gasteiger partial charge < -0.3 is 19.8 Å². The first-order valence-electron chi connectivity index (χ1n) is 7.98. The van der Waals surface area contributed by atoms with E-state index < -0.39 is 28.3 Å². The fraction of sp³-hybridized carbons (Fsp3) is 0.294. The van der Waals surface area contributed by atoms with Gasteiger partial charge in [0, 0.05) is 11.6 Å². The van der Waals surface area contributed by atoms with Crippen molar-refractivity contribution in [3.05, 3.63) is 58.0 Å². The summed E-state index contributed by atoms with van der Waals surface area (Å²) in [5.41, 5.74) is -1.83. The highest BCUT2D eigenvalue weighted by Gasteiger charge is 2.51. The molecule has 11 heteroatoms. The van der Waals surface area contributed by atoms with Crippen molar-refractivity contribution in [2.75, 3.05) is 19.7 Å². The van der Waals surface area contributed by atoms with Crippen LogP contribution in [0.25, 0.3) is 4.85 Å². The molecular weight excluding hydrogens is 429 g/mol. The monoisotopic (exact) mass is 443 g/mol. The maximum Gasteiger partial charge on any atom is 0.269 e. The Balaban J connectivity index is 1.87. The fourth-order valence-corrected chi connectivity index (χ4v) is 5.05. The Morgan fingerprint density at radius 3 is 2.68 bits per heavy atom. The second kappa shape index (κ2) is 7.83. The smallest absolute Gasteiger partial charge is 0.269 e. The highest BCUT2D eigenvalue weighted by molar-refractivity contribution is 7.89. The van der Waals surface area contributed by atoms with Crippen LogP contribution in [0.15, 0.2) is 41.4 Å². The topological polar surface area (TPSA) is 104 Å². The minimum Gasteiger partial charge on any atom is -0.482 e. The zero-order valence-corrected chi connectivity index (χ0v) is 16.6. The molecule has 1 aliphatic heterocycles. The van der Waals surface area contributed by atoms with E-state index in [1.807, 2.05) is 0 Å². The van der Waals surface area contributed by atoms with Crippen molar-refractivity contribution in [3.63, 3.8) is 0 Å². The lowest BCUT2D eigenvalue weighted by molar-refractivity contribution is -0.0641. The lowest BCUT2D eigenvalue weighted by Crippen LogP contribution is -2.48. The number of hydrogen-bond acceptors (Lipinski definition) is 6. The third-order valence-electron chi connectivity index (χ3n) is 4.32. The number of β-amino-alcohol motifs (C(OH)–C–C–N with tert-alkyl or cyclic N) is 1. The van der Waals surface area contributed by atoms with Crippen LogP contribution in [0.5, 0.6) is 5.75 Å². The van der Waals surface area contributed by atoms with E-state index in [-0.39, 0.29) is 39.6 Å². The van der Waals surface area contributed by atoms with Crippen LogP contribution >= 0.6 is 23.2 Å². The third kappa shape index (κ3) is 3.93. The minimum atomic E-state index is -4.07. The summed E-state index contributed by atoms with van der Waals surface area (Å²) in [6.45, 7) is 5.57. The number of aromatic nitrogens is 1. The first-order valence-corrected chi connectivity index (χ1v) is 10.2. The summed E-state index contributed by atoms with van der Waals surface area (Å²) < 4.78 is 32.6. The lowest BCUT2D eigenvalue weighted by atomic mass is 10.0. The number of halogens is 2. The molecule has 0 aliphatic carbocycles. The zero-order valence-electron chi connectivity index (χ0n) is 14.3. The Morgan fingerprint density at radius 2 is 2.11 bits per heavy atom. The molecule has 1 aliphatic rings. The second-order valence-corrected chi connectivity index (χ2v) is 8.95. The Bertz CT molecular complexity index is 1030. The molecule has 0 amide bonds. The number of benzene rings is 1. The molecule has 0 saturated carbocycles. The van der Waals surface area contributed by atoms with Gasteiger partial charge >= 0.3 is 0 Å². The van der Waals surface area contributed by atoms with E-state index in [2.05, 4.69) is 9.83 Å². The normalized spacial score (nSPS) is 22.8. The van der Waals surface area contributed by atoms with E-state index in [9.17, 15) is 18.6 Å². The molecule has 1 aromatic heterocycles. The zero-order chi connectivity index (χ0) is 20.5. The van der Waals surface area contributed by atoms with Gasteiger partial charge in [-0.2, -0.15) is 4.31 Å². The van der Waals surface area contributed by atoms with Gasteiger partial charge in [0.2, 0.25) is 10.0 Å². The van der Waals surface area contributed by atoms with Gasteiger partial charge in [0.25, 0.3) is 5.82 Å². The number of sulfonamides is 1. The molecule has 2 N–H and O–H groups in total. The maximum atomic E-state index is 13.0. The molecule has 2 aromatic rings. The van der Waals surface area contributed by atoms with Crippen LogP contribution in [-0.2, 0) is 10.0 Å². The van der Waals surface area contributed by atoms with Crippen LogP contribution in [0, 0.1) is 6.57 Å². The first-order chi connectivity index (χ1) is 13.2. The SMILES string of the molecule is [C-]#[N+]c1ccc(O[C@H]2CN(S(=O)(=O)c3ccc(Cl)cc3Cl)C[C@@]2(O)CO)cn1. The predicted molar refractivity (Wildman–Crippen MR) is 102 cm³/mol. The molecule has 1 fully saturated rings. The van der Waals surface area contributed by atoms with Crippen LogP contribution in [0.3, 0.4) is 0 Å². The van der Waals surface area contributed by atoms with Crippen molar-refractivity contribution in [1.29, 1.82) is 0 Å². The molecule has 1 saturated heterocycles. The summed E-state index contributed by atoms with van der Waals surface area (Å²) in [5.74, 6) is 0.394. The van der Waals surface area contributed by atoms with E-state index in [4.69, 9.17) is 34.5 Å². The molecular formula is C17H15Cl2N3O5S. The van der Waals surface area contributed by atoms with Crippen LogP contribution in [0.2, 0.25) is 10.0 Å².